The molecule has 17 heavy (non-hydrogen) atoms. The van der Waals surface area contributed by atoms with Crippen molar-refractivity contribution in [3.8, 4) is 0 Å². The summed E-state index contributed by atoms with van der Waals surface area (Å²) >= 11 is 0. The maximum Gasteiger partial charge on any atom is 0.306 e. The molecular formula is C14H25NO2. The van der Waals surface area contributed by atoms with Gasteiger partial charge in [-0.1, -0.05) is 32.1 Å². The molecular weight excluding hydrogens is 214 g/mol. The maximum atomic E-state index is 11.1. The minimum absolute atomic E-state index is 0.0896. The molecule has 2 aliphatic rings. The summed E-state index contributed by atoms with van der Waals surface area (Å²) in [6.07, 6.45) is 11.1. The van der Waals surface area contributed by atoms with E-state index in [9.17, 15) is 4.79 Å². The number of aliphatic carboxylic acids is 1. The van der Waals surface area contributed by atoms with E-state index in [2.05, 4.69) is 5.32 Å². The van der Waals surface area contributed by atoms with E-state index in [1.165, 1.54) is 38.5 Å². The molecule has 0 saturated heterocycles. The molecule has 3 nitrogen and oxygen atoms in total. The fourth-order valence-corrected chi connectivity index (χ4v) is 3.41. The van der Waals surface area contributed by atoms with Crippen LogP contribution < -0.4 is 5.32 Å². The first kappa shape index (κ1) is 12.9. The van der Waals surface area contributed by atoms with Crippen LogP contribution in [-0.4, -0.2) is 23.7 Å². The van der Waals surface area contributed by atoms with E-state index in [-0.39, 0.29) is 5.92 Å². The zero-order chi connectivity index (χ0) is 12.1. The Morgan fingerprint density at radius 1 is 1.00 bits per heavy atom. The van der Waals surface area contributed by atoms with Gasteiger partial charge in [0, 0.05) is 6.04 Å². The Hall–Kier alpha value is -0.570. The number of hydrogen-bond donors (Lipinski definition) is 2. The highest BCUT2D eigenvalue weighted by Gasteiger charge is 2.32. The van der Waals surface area contributed by atoms with Crippen molar-refractivity contribution in [2.24, 2.45) is 11.8 Å². The SMILES string of the molecule is O=C(O)C1CCCC1CNC1CCCCCC1. The van der Waals surface area contributed by atoms with Crippen molar-refractivity contribution in [3.63, 3.8) is 0 Å². The number of carboxylic acids is 1. The van der Waals surface area contributed by atoms with E-state index in [0.29, 0.717) is 12.0 Å². The lowest BCUT2D eigenvalue weighted by atomic mass is 9.95. The van der Waals surface area contributed by atoms with E-state index in [4.69, 9.17) is 5.11 Å². The van der Waals surface area contributed by atoms with Crippen molar-refractivity contribution < 1.29 is 9.90 Å². The monoisotopic (exact) mass is 239 g/mol. The van der Waals surface area contributed by atoms with Crippen LogP contribution in [0.15, 0.2) is 0 Å². The number of carboxylic acid groups (broad SMARTS) is 1. The fourth-order valence-electron chi connectivity index (χ4n) is 3.41. The lowest BCUT2D eigenvalue weighted by Crippen LogP contribution is -2.35. The Kier molecular flexibility index (Phi) is 4.84. The molecule has 2 fully saturated rings. The third kappa shape index (κ3) is 3.70. The lowest BCUT2D eigenvalue weighted by Gasteiger charge is -2.21. The van der Waals surface area contributed by atoms with Crippen molar-refractivity contribution in [1.82, 2.24) is 5.32 Å². The van der Waals surface area contributed by atoms with Gasteiger partial charge in [0.15, 0.2) is 0 Å². The molecule has 2 atom stereocenters. The van der Waals surface area contributed by atoms with E-state index in [1.54, 1.807) is 0 Å². The smallest absolute Gasteiger partial charge is 0.306 e. The Bertz CT molecular complexity index is 247. The predicted molar refractivity (Wildman–Crippen MR) is 68.0 cm³/mol. The largest absolute Gasteiger partial charge is 0.481 e. The fraction of sp³-hybridized carbons (Fsp3) is 0.929. The van der Waals surface area contributed by atoms with Crippen LogP contribution in [0.5, 0.6) is 0 Å². The lowest BCUT2D eigenvalue weighted by molar-refractivity contribution is -0.142. The van der Waals surface area contributed by atoms with Crippen LogP contribution in [-0.2, 0) is 4.79 Å². The van der Waals surface area contributed by atoms with Crippen molar-refractivity contribution in [2.75, 3.05) is 6.54 Å². The van der Waals surface area contributed by atoms with Gasteiger partial charge in [0.1, 0.15) is 0 Å². The van der Waals surface area contributed by atoms with Crippen molar-refractivity contribution in [1.29, 1.82) is 0 Å². The second kappa shape index (κ2) is 6.39. The number of carbonyl (C=O) groups is 1. The Balaban J connectivity index is 1.74. The molecule has 0 heterocycles. The average Bonchev–Trinajstić information content (AvgIpc) is 2.63. The zero-order valence-corrected chi connectivity index (χ0v) is 10.7. The molecule has 98 valence electrons. The highest BCUT2D eigenvalue weighted by atomic mass is 16.4. The molecule has 2 aliphatic carbocycles. The van der Waals surface area contributed by atoms with Crippen molar-refractivity contribution in [2.45, 2.75) is 63.8 Å². The Morgan fingerprint density at radius 3 is 2.35 bits per heavy atom. The molecule has 0 aliphatic heterocycles. The second-order valence-electron chi connectivity index (χ2n) is 5.73. The molecule has 0 amide bonds. The first-order valence-electron chi connectivity index (χ1n) is 7.23. The van der Waals surface area contributed by atoms with Gasteiger partial charge >= 0.3 is 5.97 Å². The van der Waals surface area contributed by atoms with E-state index >= 15 is 0 Å². The molecule has 0 bridgehead atoms. The third-order valence-electron chi connectivity index (χ3n) is 4.50. The van der Waals surface area contributed by atoms with E-state index in [0.717, 1.165) is 25.8 Å². The van der Waals surface area contributed by atoms with Crippen molar-refractivity contribution >= 4 is 5.97 Å². The van der Waals surface area contributed by atoms with Gasteiger partial charge in [-0.3, -0.25) is 4.79 Å². The van der Waals surface area contributed by atoms with Gasteiger partial charge in [0.25, 0.3) is 0 Å². The average molecular weight is 239 g/mol. The van der Waals surface area contributed by atoms with Crippen LogP contribution in [0.4, 0.5) is 0 Å². The van der Waals surface area contributed by atoms with Gasteiger partial charge in [0.2, 0.25) is 0 Å². The van der Waals surface area contributed by atoms with E-state index < -0.39 is 5.97 Å². The summed E-state index contributed by atoms with van der Waals surface area (Å²) in [7, 11) is 0. The highest BCUT2D eigenvalue weighted by Crippen LogP contribution is 2.31. The molecule has 2 N–H and O–H groups in total. The van der Waals surface area contributed by atoms with Gasteiger partial charge in [-0.05, 0) is 38.1 Å². The predicted octanol–water partition coefficient (Wildman–Crippen LogP) is 2.80. The second-order valence-corrected chi connectivity index (χ2v) is 5.73. The quantitative estimate of drug-likeness (QED) is 0.742. The van der Waals surface area contributed by atoms with Crippen LogP contribution in [0.2, 0.25) is 0 Å². The van der Waals surface area contributed by atoms with Gasteiger partial charge in [-0.15, -0.1) is 0 Å². The first-order chi connectivity index (χ1) is 8.27. The zero-order valence-electron chi connectivity index (χ0n) is 10.7. The van der Waals surface area contributed by atoms with E-state index in [1.807, 2.05) is 0 Å². The molecule has 2 rings (SSSR count). The molecule has 0 radical (unpaired) electrons. The highest BCUT2D eigenvalue weighted by molar-refractivity contribution is 5.70. The summed E-state index contributed by atoms with van der Waals surface area (Å²) in [6.45, 7) is 0.918. The number of hydrogen-bond acceptors (Lipinski definition) is 2. The van der Waals surface area contributed by atoms with Crippen LogP contribution in [0.25, 0.3) is 0 Å². The summed E-state index contributed by atoms with van der Waals surface area (Å²) in [6, 6.07) is 0.646. The molecule has 0 spiro atoms. The summed E-state index contributed by atoms with van der Waals surface area (Å²) < 4.78 is 0. The molecule has 0 aromatic rings. The van der Waals surface area contributed by atoms with Gasteiger partial charge in [-0.25, -0.2) is 0 Å². The van der Waals surface area contributed by atoms with Crippen LogP contribution in [0.1, 0.15) is 57.8 Å². The van der Waals surface area contributed by atoms with Crippen LogP contribution in [0.3, 0.4) is 0 Å². The summed E-state index contributed by atoms with van der Waals surface area (Å²) in [5.41, 5.74) is 0. The summed E-state index contributed by atoms with van der Waals surface area (Å²) in [4.78, 5) is 11.1. The minimum Gasteiger partial charge on any atom is -0.481 e. The maximum absolute atomic E-state index is 11.1. The summed E-state index contributed by atoms with van der Waals surface area (Å²) in [5, 5.41) is 12.8. The third-order valence-corrected chi connectivity index (χ3v) is 4.50. The minimum atomic E-state index is -0.588. The van der Waals surface area contributed by atoms with Crippen LogP contribution in [0, 0.1) is 11.8 Å². The molecule has 2 saturated carbocycles. The number of rotatable bonds is 4. The first-order valence-corrected chi connectivity index (χ1v) is 7.23. The van der Waals surface area contributed by atoms with Crippen LogP contribution >= 0.6 is 0 Å². The number of nitrogens with one attached hydrogen (secondary N) is 1. The van der Waals surface area contributed by atoms with Gasteiger partial charge < -0.3 is 10.4 Å². The van der Waals surface area contributed by atoms with Gasteiger partial charge in [-0.2, -0.15) is 0 Å². The van der Waals surface area contributed by atoms with Gasteiger partial charge in [0.05, 0.1) is 5.92 Å². The molecule has 0 aromatic heterocycles. The standard InChI is InChI=1S/C14H25NO2/c16-14(17)13-9-5-6-11(13)10-15-12-7-3-1-2-4-8-12/h11-13,15H,1-10H2,(H,16,17). The normalized spacial score (nSPS) is 31.3. The Labute approximate surface area is 104 Å². The summed E-state index contributed by atoms with van der Waals surface area (Å²) in [5.74, 6) is -0.306. The Morgan fingerprint density at radius 2 is 1.71 bits per heavy atom. The topological polar surface area (TPSA) is 49.3 Å². The van der Waals surface area contributed by atoms with Crippen molar-refractivity contribution in [3.05, 3.63) is 0 Å². The molecule has 2 unspecified atom stereocenters. The molecule has 3 heteroatoms. The molecule has 0 aromatic carbocycles.